The van der Waals surface area contributed by atoms with Crippen molar-refractivity contribution in [1.82, 2.24) is 0 Å². The number of carbonyl (C=O) groups is 2. The lowest BCUT2D eigenvalue weighted by molar-refractivity contribution is 0.0691. The van der Waals surface area contributed by atoms with Crippen LogP contribution in [0.5, 0.6) is 17.2 Å². The first-order valence-electron chi connectivity index (χ1n) is 11.5. The molecule has 5 heteroatoms. The quantitative estimate of drug-likeness (QED) is 0.326. The van der Waals surface area contributed by atoms with Crippen molar-refractivity contribution in [1.29, 1.82) is 0 Å². The Labute approximate surface area is 201 Å². The summed E-state index contributed by atoms with van der Waals surface area (Å²) in [5.74, 6) is 0.731. The summed E-state index contributed by atoms with van der Waals surface area (Å²) in [7, 11) is 1.65. The van der Waals surface area contributed by atoms with Gasteiger partial charge in [0.25, 0.3) is 0 Å². The number of aromatic carboxylic acids is 1. The smallest absolute Gasteiger partial charge is 0.336 e. The maximum atomic E-state index is 12.7. The number of ketones is 1. The average Bonchev–Trinajstić information content (AvgIpc) is 2.84. The molecule has 1 atom stereocenters. The number of carboxylic acid groups (broad SMARTS) is 1. The van der Waals surface area contributed by atoms with Crippen molar-refractivity contribution in [3.8, 4) is 17.2 Å². The van der Waals surface area contributed by atoms with Gasteiger partial charge in [0.05, 0.1) is 12.7 Å². The van der Waals surface area contributed by atoms with Crippen LogP contribution < -0.4 is 9.47 Å². The summed E-state index contributed by atoms with van der Waals surface area (Å²) in [4.78, 5) is 24.4. The van der Waals surface area contributed by atoms with E-state index in [1.54, 1.807) is 13.2 Å². The Morgan fingerprint density at radius 2 is 1.38 bits per heavy atom. The van der Waals surface area contributed by atoms with Gasteiger partial charge in [-0.15, -0.1) is 0 Å². The predicted molar refractivity (Wildman–Crippen MR) is 133 cm³/mol. The molecular weight excluding hydrogens is 428 g/mol. The van der Waals surface area contributed by atoms with Crippen LogP contribution in [0, 0.1) is 5.92 Å². The molecule has 0 aliphatic carbocycles. The Morgan fingerprint density at radius 1 is 0.853 bits per heavy atom. The molecule has 0 aliphatic rings. The van der Waals surface area contributed by atoms with Gasteiger partial charge in [0.2, 0.25) is 0 Å². The zero-order valence-electron chi connectivity index (χ0n) is 20.4. The standard InChI is InChI=1S/C29H32O5/c1-6-19(2)17-27(30)26-18-24(15-16-25(26)28(31)32)34-23-13-9-21(10-14-23)29(3,4)20-7-11-22(33-5)12-8-20/h7-16,18-19H,6,17H2,1-5H3,(H,31,32). The van der Waals surface area contributed by atoms with Crippen LogP contribution in [-0.2, 0) is 5.41 Å². The van der Waals surface area contributed by atoms with Crippen molar-refractivity contribution >= 4 is 11.8 Å². The van der Waals surface area contributed by atoms with Crippen LogP contribution in [0.2, 0.25) is 0 Å². The van der Waals surface area contributed by atoms with Crippen LogP contribution in [0.4, 0.5) is 0 Å². The molecule has 0 radical (unpaired) electrons. The summed E-state index contributed by atoms with van der Waals surface area (Å²) < 4.78 is 11.2. The fourth-order valence-electron chi connectivity index (χ4n) is 3.82. The lowest BCUT2D eigenvalue weighted by atomic mass is 9.78. The largest absolute Gasteiger partial charge is 0.497 e. The Morgan fingerprint density at radius 3 is 1.88 bits per heavy atom. The first kappa shape index (κ1) is 25.0. The minimum Gasteiger partial charge on any atom is -0.497 e. The topological polar surface area (TPSA) is 72.8 Å². The number of ether oxygens (including phenoxy) is 2. The van der Waals surface area contributed by atoms with Gasteiger partial charge in [-0.05, 0) is 59.5 Å². The van der Waals surface area contributed by atoms with Gasteiger partial charge in [0, 0.05) is 17.4 Å². The summed E-state index contributed by atoms with van der Waals surface area (Å²) >= 11 is 0. The van der Waals surface area contributed by atoms with E-state index in [0.717, 1.165) is 23.3 Å². The lowest BCUT2D eigenvalue weighted by Gasteiger charge is -2.26. The monoisotopic (exact) mass is 460 g/mol. The van der Waals surface area contributed by atoms with Crippen LogP contribution >= 0.6 is 0 Å². The lowest BCUT2D eigenvalue weighted by Crippen LogP contribution is -2.18. The van der Waals surface area contributed by atoms with Crippen molar-refractivity contribution < 1.29 is 24.2 Å². The summed E-state index contributed by atoms with van der Waals surface area (Å²) in [6.07, 6.45) is 1.15. The van der Waals surface area contributed by atoms with Crippen molar-refractivity contribution in [3.63, 3.8) is 0 Å². The molecule has 0 fully saturated rings. The Balaban J connectivity index is 1.82. The molecule has 3 aromatic rings. The third-order valence-corrected chi connectivity index (χ3v) is 6.38. The number of hydrogen-bond donors (Lipinski definition) is 1. The van der Waals surface area contributed by atoms with Gasteiger partial charge in [0.1, 0.15) is 17.2 Å². The molecule has 0 amide bonds. The highest BCUT2D eigenvalue weighted by Gasteiger charge is 2.23. The molecule has 5 nitrogen and oxygen atoms in total. The number of methoxy groups -OCH3 is 1. The zero-order chi connectivity index (χ0) is 24.9. The fraction of sp³-hybridized carbons (Fsp3) is 0.310. The summed E-state index contributed by atoms with van der Waals surface area (Å²) in [6, 6.07) is 20.4. The number of benzene rings is 3. The second kappa shape index (κ2) is 10.6. The molecule has 3 rings (SSSR count). The molecule has 0 saturated carbocycles. The summed E-state index contributed by atoms with van der Waals surface area (Å²) in [6.45, 7) is 8.30. The van der Waals surface area contributed by atoms with Crippen LogP contribution in [-0.4, -0.2) is 24.0 Å². The Bertz CT molecular complexity index is 1140. The van der Waals surface area contributed by atoms with E-state index >= 15 is 0 Å². The predicted octanol–water partition coefficient (Wildman–Crippen LogP) is 7.13. The van der Waals surface area contributed by atoms with E-state index in [0.29, 0.717) is 17.9 Å². The molecule has 0 aliphatic heterocycles. The van der Waals surface area contributed by atoms with E-state index in [4.69, 9.17) is 9.47 Å². The maximum absolute atomic E-state index is 12.7. The molecule has 1 unspecified atom stereocenters. The molecule has 0 saturated heterocycles. The van der Waals surface area contributed by atoms with Crippen molar-refractivity contribution in [2.75, 3.05) is 7.11 Å². The third kappa shape index (κ3) is 5.66. The van der Waals surface area contributed by atoms with E-state index < -0.39 is 5.97 Å². The molecule has 0 heterocycles. The molecule has 34 heavy (non-hydrogen) atoms. The highest BCUT2D eigenvalue weighted by atomic mass is 16.5. The highest BCUT2D eigenvalue weighted by molar-refractivity contribution is 6.06. The van der Waals surface area contributed by atoms with Gasteiger partial charge < -0.3 is 14.6 Å². The first-order valence-corrected chi connectivity index (χ1v) is 11.5. The second-order valence-corrected chi connectivity index (χ2v) is 9.13. The van der Waals surface area contributed by atoms with E-state index in [1.165, 1.54) is 12.1 Å². The van der Waals surface area contributed by atoms with Crippen molar-refractivity contribution in [3.05, 3.63) is 89.0 Å². The van der Waals surface area contributed by atoms with Crippen molar-refractivity contribution in [2.24, 2.45) is 5.92 Å². The second-order valence-electron chi connectivity index (χ2n) is 9.13. The fourth-order valence-corrected chi connectivity index (χ4v) is 3.82. The van der Waals surface area contributed by atoms with Gasteiger partial charge >= 0.3 is 5.97 Å². The number of hydrogen-bond acceptors (Lipinski definition) is 4. The van der Waals surface area contributed by atoms with Gasteiger partial charge in [0.15, 0.2) is 5.78 Å². The first-order chi connectivity index (χ1) is 16.1. The molecule has 3 aromatic carbocycles. The minimum absolute atomic E-state index is 0.00255. The average molecular weight is 461 g/mol. The number of carbonyl (C=O) groups excluding carboxylic acids is 1. The SMILES string of the molecule is CCC(C)CC(=O)c1cc(Oc2ccc(C(C)(C)c3ccc(OC)cc3)cc2)ccc1C(=O)O. The van der Waals surface area contributed by atoms with Gasteiger partial charge in [-0.1, -0.05) is 58.4 Å². The summed E-state index contributed by atoms with van der Waals surface area (Å²) in [5, 5.41) is 9.52. The van der Waals surface area contributed by atoms with Crippen LogP contribution in [0.15, 0.2) is 66.7 Å². The molecule has 1 N–H and O–H groups in total. The van der Waals surface area contributed by atoms with Gasteiger partial charge in [-0.25, -0.2) is 4.79 Å². The van der Waals surface area contributed by atoms with Crippen LogP contribution in [0.1, 0.15) is 72.4 Å². The molecule has 178 valence electrons. The summed E-state index contributed by atoms with van der Waals surface area (Å²) in [5.41, 5.74) is 2.25. The van der Waals surface area contributed by atoms with Gasteiger partial charge in [-0.3, -0.25) is 4.79 Å². The molecule has 0 spiro atoms. The van der Waals surface area contributed by atoms with E-state index in [9.17, 15) is 14.7 Å². The van der Waals surface area contributed by atoms with E-state index in [-0.39, 0.29) is 28.2 Å². The van der Waals surface area contributed by atoms with E-state index in [1.807, 2.05) is 50.2 Å². The maximum Gasteiger partial charge on any atom is 0.336 e. The number of Topliss-reactive ketones (excluding diaryl/α,β-unsaturated/α-hetero) is 1. The van der Waals surface area contributed by atoms with E-state index in [2.05, 4.69) is 26.0 Å². The highest BCUT2D eigenvalue weighted by Crippen LogP contribution is 2.34. The Kier molecular flexibility index (Phi) is 7.77. The number of carboxylic acids is 1. The molecule has 0 bridgehead atoms. The normalized spacial score (nSPS) is 12.1. The third-order valence-electron chi connectivity index (χ3n) is 6.38. The zero-order valence-corrected chi connectivity index (χ0v) is 20.4. The molecular formula is C29H32O5. The van der Waals surface area contributed by atoms with Crippen LogP contribution in [0.3, 0.4) is 0 Å². The number of rotatable bonds is 10. The minimum atomic E-state index is -1.12. The molecule has 0 aromatic heterocycles. The van der Waals surface area contributed by atoms with Gasteiger partial charge in [-0.2, -0.15) is 0 Å². The van der Waals surface area contributed by atoms with Crippen molar-refractivity contribution in [2.45, 2.75) is 46.0 Å². The Hall–Kier alpha value is -3.60. The van der Waals surface area contributed by atoms with Crippen LogP contribution in [0.25, 0.3) is 0 Å².